The molecule has 0 bridgehead atoms. The highest BCUT2D eigenvalue weighted by Crippen LogP contribution is 2.36. The second-order valence-electron chi connectivity index (χ2n) is 4.20. The van der Waals surface area contributed by atoms with Gasteiger partial charge in [0, 0.05) is 10.8 Å². The van der Waals surface area contributed by atoms with Gasteiger partial charge in [-0.2, -0.15) is 0 Å². The summed E-state index contributed by atoms with van der Waals surface area (Å²) < 4.78 is 9.96. The lowest BCUT2D eigenvalue weighted by Gasteiger charge is -2.08. The van der Waals surface area contributed by atoms with E-state index < -0.39 is 0 Å². The second-order valence-corrected chi connectivity index (χ2v) is 4.20. The molecule has 0 atom stereocenters. The van der Waals surface area contributed by atoms with E-state index in [0.717, 1.165) is 21.5 Å². The summed E-state index contributed by atoms with van der Waals surface area (Å²) in [4.78, 5) is 0. The number of hydrogen-bond acceptors (Lipinski definition) is 4. The molecule has 0 N–H and O–H groups in total. The Balaban J connectivity index is 2.38. The lowest BCUT2D eigenvalue weighted by Crippen LogP contribution is -1.88. The van der Waals surface area contributed by atoms with Gasteiger partial charge < -0.3 is 9.47 Å². The minimum atomic E-state index is 0.457. The van der Waals surface area contributed by atoms with Crippen molar-refractivity contribution in [3.63, 3.8) is 0 Å². The molecule has 0 heterocycles. The molecule has 3 aromatic rings. The maximum atomic E-state index is 8.84. The monoisotopic (exact) mass is 260 g/mol. The van der Waals surface area contributed by atoms with Crippen LogP contribution < -0.4 is 9.47 Å². The molecule has 0 unspecified atom stereocenters. The van der Waals surface area contributed by atoms with E-state index in [9.17, 15) is 0 Å². The largest absolute Gasteiger partial charge is 0.388 e. The highest BCUT2D eigenvalue weighted by molar-refractivity contribution is 6.05. The first-order chi connectivity index (χ1) is 9.83. The molecule has 0 aliphatic carbocycles. The van der Waals surface area contributed by atoms with E-state index in [-0.39, 0.29) is 0 Å². The zero-order chi connectivity index (χ0) is 13.9. The van der Waals surface area contributed by atoms with Crippen LogP contribution in [-0.2, 0) is 0 Å². The van der Waals surface area contributed by atoms with Gasteiger partial charge in [-0.05, 0) is 35.0 Å². The van der Waals surface area contributed by atoms with Crippen LogP contribution in [0.25, 0.3) is 21.5 Å². The molecule has 0 saturated heterocycles. The van der Waals surface area contributed by atoms with Gasteiger partial charge in [0.15, 0.2) is 5.75 Å². The van der Waals surface area contributed by atoms with Crippen molar-refractivity contribution >= 4 is 21.5 Å². The van der Waals surface area contributed by atoms with Crippen LogP contribution in [0.4, 0.5) is 0 Å². The Morgan fingerprint density at radius 2 is 1.50 bits per heavy atom. The molecule has 3 aromatic carbocycles. The smallest absolute Gasteiger partial charge is 0.292 e. The van der Waals surface area contributed by atoms with Crippen molar-refractivity contribution in [1.29, 1.82) is 10.5 Å². The van der Waals surface area contributed by atoms with E-state index in [1.54, 1.807) is 30.7 Å². The Kier molecular flexibility index (Phi) is 2.84. The van der Waals surface area contributed by atoms with Crippen molar-refractivity contribution < 1.29 is 9.47 Å². The maximum Gasteiger partial charge on any atom is 0.292 e. The van der Waals surface area contributed by atoms with Gasteiger partial charge in [0.2, 0.25) is 0 Å². The van der Waals surface area contributed by atoms with Gasteiger partial charge in [-0.25, -0.2) is 0 Å². The number of hydrogen-bond donors (Lipinski definition) is 0. The summed E-state index contributed by atoms with van der Waals surface area (Å²) in [6.45, 7) is 0. The highest BCUT2D eigenvalue weighted by Gasteiger charge is 2.10. The number of nitriles is 2. The lowest BCUT2D eigenvalue weighted by atomic mass is 10.0. The fourth-order valence-corrected chi connectivity index (χ4v) is 2.28. The van der Waals surface area contributed by atoms with Crippen LogP contribution in [0, 0.1) is 23.0 Å². The van der Waals surface area contributed by atoms with Crippen molar-refractivity contribution in [3.8, 4) is 24.0 Å². The summed E-state index contributed by atoms with van der Waals surface area (Å²) in [6, 6.07) is 14.8. The summed E-state index contributed by atoms with van der Waals surface area (Å²) >= 11 is 0. The van der Waals surface area contributed by atoms with Crippen LogP contribution in [0.2, 0.25) is 0 Å². The molecule has 0 aliphatic rings. The molecule has 0 amide bonds. The minimum Gasteiger partial charge on any atom is -0.388 e. The van der Waals surface area contributed by atoms with Crippen LogP contribution in [-0.4, -0.2) is 0 Å². The van der Waals surface area contributed by atoms with E-state index in [1.165, 1.54) is 0 Å². The van der Waals surface area contributed by atoms with Crippen molar-refractivity contribution in [2.45, 2.75) is 0 Å². The topological polar surface area (TPSA) is 66.0 Å². The fraction of sp³-hybridized carbons (Fsp3) is 0. The SMILES string of the molecule is N#COc1ccc2c(OC#N)c3ccccc3cc2c1. The first kappa shape index (κ1) is 11.8. The molecule has 94 valence electrons. The Morgan fingerprint density at radius 3 is 2.30 bits per heavy atom. The van der Waals surface area contributed by atoms with Crippen molar-refractivity contribution in [2.24, 2.45) is 0 Å². The zero-order valence-corrected chi connectivity index (χ0v) is 10.3. The van der Waals surface area contributed by atoms with Crippen LogP contribution in [0.15, 0.2) is 48.5 Å². The van der Waals surface area contributed by atoms with Crippen LogP contribution in [0.1, 0.15) is 0 Å². The van der Waals surface area contributed by atoms with Gasteiger partial charge in [-0.3, -0.25) is 0 Å². The van der Waals surface area contributed by atoms with E-state index >= 15 is 0 Å². The van der Waals surface area contributed by atoms with Gasteiger partial charge >= 0.3 is 0 Å². The molecule has 4 heteroatoms. The molecule has 0 aromatic heterocycles. The molecule has 0 aliphatic heterocycles. The van der Waals surface area contributed by atoms with E-state index in [0.29, 0.717) is 11.5 Å². The first-order valence-corrected chi connectivity index (χ1v) is 5.91. The number of benzene rings is 3. The predicted molar refractivity (Wildman–Crippen MR) is 73.9 cm³/mol. The maximum absolute atomic E-state index is 8.84. The first-order valence-electron chi connectivity index (χ1n) is 5.91. The van der Waals surface area contributed by atoms with Crippen LogP contribution >= 0.6 is 0 Å². The molecule has 4 nitrogen and oxygen atoms in total. The van der Waals surface area contributed by atoms with Gasteiger partial charge in [0.05, 0.1) is 0 Å². The number of nitrogens with zero attached hydrogens (tertiary/aromatic N) is 2. The van der Waals surface area contributed by atoms with E-state index in [4.69, 9.17) is 20.0 Å². The molecular weight excluding hydrogens is 252 g/mol. The second kappa shape index (κ2) is 4.79. The average molecular weight is 260 g/mol. The number of rotatable bonds is 2. The Morgan fingerprint density at radius 1 is 0.750 bits per heavy atom. The van der Waals surface area contributed by atoms with Crippen LogP contribution in [0.5, 0.6) is 11.5 Å². The Labute approximate surface area is 115 Å². The molecule has 0 radical (unpaired) electrons. The van der Waals surface area contributed by atoms with E-state index in [2.05, 4.69) is 0 Å². The molecule has 3 rings (SSSR count). The third-order valence-corrected chi connectivity index (χ3v) is 3.10. The Hall–Kier alpha value is -3.24. The van der Waals surface area contributed by atoms with Crippen molar-refractivity contribution in [1.82, 2.24) is 0 Å². The standard InChI is InChI=1S/C16H8N2O2/c17-9-19-13-5-6-15-12(8-13)7-11-3-1-2-4-14(11)16(15)20-10-18/h1-8H. The van der Waals surface area contributed by atoms with Crippen molar-refractivity contribution in [3.05, 3.63) is 48.5 Å². The van der Waals surface area contributed by atoms with Gasteiger partial charge in [-0.1, -0.05) is 24.3 Å². The van der Waals surface area contributed by atoms with Crippen LogP contribution in [0.3, 0.4) is 0 Å². The zero-order valence-electron chi connectivity index (χ0n) is 10.3. The molecule has 0 saturated carbocycles. The minimum absolute atomic E-state index is 0.457. The molecule has 0 spiro atoms. The average Bonchev–Trinajstić information content (AvgIpc) is 2.47. The normalized spacial score (nSPS) is 9.90. The van der Waals surface area contributed by atoms with Gasteiger partial charge in [0.1, 0.15) is 5.75 Å². The Bertz CT molecular complexity index is 888. The van der Waals surface area contributed by atoms with Gasteiger partial charge in [-0.15, -0.1) is 10.5 Å². The summed E-state index contributed by atoms with van der Waals surface area (Å²) in [5.41, 5.74) is 0. The lowest BCUT2D eigenvalue weighted by molar-refractivity contribution is 0.507. The highest BCUT2D eigenvalue weighted by atomic mass is 16.5. The van der Waals surface area contributed by atoms with E-state index in [1.807, 2.05) is 30.3 Å². The molecule has 20 heavy (non-hydrogen) atoms. The number of ether oxygens (including phenoxy) is 2. The number of fused-ring (bicyclic) bond motifs is 2. The van der Waals surface area contributed by atoms with Crippen molar-refractivity contribution in [2.75, 3.05) is 0 Å². The summed E-state index contributed by atoms with van der Waals surface area (Å²) in [5, 5.41) is 20.9. The predicted octanol–water partition coefficient (Wildman–Crippen LogP) is 3.71. The molecular formula is C16H8N2O2. The molecule has 0 fully saturated rings. The third kappa shape index (κ3) is 1.86. The summed E-state index contributed by atoms with van der Waals surface area (Å²) in [5.74, 6) is 0.974. The fourth-order valence-electron chi connectivity index (χ4n) is 2.28. The summed E-state index contributed by atoms with van der Waals surface area (Å²) in [6.07, 6.45) is 3.37. The quantitative estimate of drug-likeness (QED) is 0.520. The van der Waals surface area contributed by atoms with Gasteiger partial charge in [0.25, 0.3) is 12.5 Å². The third-order valence-electron chi connectivity index (χ3n) is 3.10. The summed E-state index contributed by atoms with van der Waals surface area (Å²) in [7, 11) is 0.